The number of nitrogens with one attached hydrogen (secondary N) is 1. The van der Waals surface area contributed by atoms with Gasteiger partial charge in [-0.3, -0.25) is 0 Å². The summed E-state index contributed by atoms with van der Waals surface area (Å²) in [7, 11) is 0. The molecule has 30 heavy (non-hydrogen) atoms. The van der Waals surface area contributed by atoms with Gasteiger partial charge in [0.25, 0.3) is 0 Å². The molecule has 0 aliphatic carbocycles. The summed E-state index contributed by atoms with van der Waals surface area (Å²) in [6.07, 6.45) is 0.854. The van der Waals surface area contributed by atoms with Crippen LogP contribution in [0.4, 0.5) is 0 Å². The molecule has 0 saturated carbocycles. The Labute approximate surface area is 192 Å². The van der Waals surface area contributed by atoms with Crippen molar-refractivity contribution in [3.05, 3.63) is 104 Å². The second kappa shape index (κ2) is 9.45. The molecule has 0 fully saturated rings. The second-order valence-corrected chi connectivity index (χ2v) is 8.67. The van der Waals surface area contributed by atoms with E-state index < -0.39 is 0 Å². The molecule has 5 heteroatoms. The Balaban J connectivity index is 1.53. The highest BCUT2D eigenvalue weighted by Crippen LogP contribution is 2.28. The van der Waals surface area contributed by atoms with E-state index in [0.29, 0.717) is 5.02 Å². The van der Waals surface area contributed by atoms with Gasteiger partial charge in [0.2, 0.25) is 0 Å². The lowest BCUT2D eigenvalue weighted by atomic mass is 10.1. The maximum absolute atomic E-state index is 6.42. The van der Waals surface area contributed by atoms with Crippen LogP contribution >= 0.6 is 34.8 Å². The Morgan fingerprint density at radius 3 is 2.40 bits per heavy atom. The number of halogens is 3. The van der Waals surface area contributed by atoms with Crippen molar-refractivity contribution in [2.24, 2.45) is 0 Å². The fourth-order valence-electron chi connectivity index (χ4n) is 3.89. The number of fused-ring (bicyclic) bond motifs is 1. The van der Waals surface area contributed by atoms with Gasteiger partial charge in [0.1, 0.15) is 0 Å². The molecule has 0 atom stereocenters. The number of aromatic nitrogens is 1. The van der Waals surface area contributed by atoms with Gasteiger partial charge in [0.05, 0.1) is 0 Å². The van der Waals surface area contributed by atoms with Crippen LogP contribution in [0.15, 0.2) is 66.7 Å². The van der Waals surface area contributed by atoms with Crippen LogP contribution in [0.25, 0.3) is 10.9 Å². The number of hydrogen-bond acceptors (Lipinski definition) is 1. The lowest BCUT2D eigenvalue weighted by Crippen LogP contribution is -2.17. The Morgan fingerprint density at radius 1 is 0.833 bits per heavy atom. The first-order chi connectivity index (χ1) is 14.5. The number of benzene rings is 3. The first kappa shape index (κ1) is 21.3. The van der Waals surface area contributed by atoms with Crippen LogP contribution in [0, 0.1) is 6.92 Å². The molecule has 4 rings (SSSR count). The van der Waals surface area contributed by atoms with Gasteiger partial charge < -0.3 is 9.88 Å². The minimum atomic E-state index is 0.665. The van der Waals surface area contributed by atoms with Crippen LogP contribution in [0.5, 0.6) is 0 Å². The molecule has 0 saturated heterocycles. The molecule has 4 aromatic rings. The van der Waals surface area contributed by atoms with E-state index in [0.717, 1.165) is 47.2 Å². The fraction of sp³-hybridized carbons (Fsp3) is 0.200. The zero-order chi connectivity index (χ0) is 21.1. The van der Waals surface area contributed by atoms with Crippen molar-refractivity contribution < 1.29 is 0 Å². The van der Waals surface area contributed by atoms with Gasteiger partial charge in [0, 0.05) is 44.8 Å². The molecule has 1 heterocycles. The number of para-hydroxylation sites is 1. The van der Waals surface area contributed by atoms with E-state index in [1.165, 1.54) is 22.2 Å². The minimum absolute atomic E-state index is 0.665. The van der Waals surface area contributed by atoms with Crippen LogP contribution in [-0.2, 0) is 19.5 Å². The SMILES string of the molecule is Cc1c(CNCCc2ccc(Cl)cc2Cl)c2ccccc2n1Cc1ccccc1Cl. The first-order valence-corrected chi connectivity index (χ1v) is 11.1. The van der Waals surface area contributed by atoms with Gasteiger partial charge in [-0.05, 0) is 60.8 Å². The van der Waals surface area contributed by atoms with E-state index in [1.807, 2.05) is 30.3 Å². The summed E-state index contributed by atoms with van der Waals surface area (Å²) >= 11 is 18.7. The van der Waals surface area contributed by atoms with E-state index in [9.17, 15) is 0 Å². The minimum Gasteiger partial charge on any atom is -0.340 e. The van der Waals surface area contributed by atoms with Crippen LogP contribution < -0.4 is 5.32 Å². The Hall–Kier alpha value is -1.97. The maximum Gasteiger partial charge on any atom is 0.0493 e. The normalized spacial score (nSPS) is 11.3. The number of nitrogens with zero attached hydrogens (tertiary/aromatic N) is 1. The van der Waals surface area contributed by atoms with E-state index in [1.54, 1.807) is 6.07 Å². The van der Waals surface area contributed by atoms with Gasteiger partial charge in [0.15, 0.2) is 0 Å². The van der Waals surface area contributed by atoms with E-state index >= 15 is 0 Å². The largest absolute Gasteiger partial charge is 0.340 e. The maximum atomic E-state index is 6.42. The molecule has 0 spiro atoms. The molecule has 3 aromatic carbocycles. The Kier molecular flexibility index (Phi) is 6.70. The van der Waals surface area contributed by atoms with Crippen molar-refractivity contribution in [2.45, 2.75) is 26.4 Å². The topological polar surface area (TPSA) is 17.0 Å². The van der Waals surface area contributed by atoms with Gasteiger partial charge in [-0.15, -0.1) is 0 Å². The second-order valence-electron chi connectivity index (χ2n) is 7.42. The highest BCUT2D eigenvalue weighted by atomic mass is 35.5. The van der Waals surface area contributed by atoms with Crippen molar-refractivity contribution in [3.63, 3.8) is 0 Å². The molecule has 2 nitrogen and oxygen atoms in total. The predicted molar refractivity (Wildman–Crippen MR) is 129 cm³/mol. The monoisotopic (exact) mass is 456 g/mol. The highest BCUT2D eigenvalue weighted by Gasteiger charge is 2.14. The van der Waals surface area contributed by atoms with Crippen LogP contribution in [0.3, 0.4) is 0 Å². The standard InChI is InChI=1S/C25H23Cl3N2/c1-17-22(15-29-13-12-18-10-11-20(26)14-24(18)28)21-7-3-5-9-25(21)30(17)16-19-6-2-4-8-23(19)27/h2-11,14,29H,12-13,15-16H2,1H3. The summed E-state index contributed by atoms with van der Waals surface area (Å²) in [6.45, 7) is 4.58. The van der Waals surface area contributed by atoms with Crippen molar-refractivity contribution in [3.8, 4) is 0 Å². The summed E-state index contributed by atoms with van der Waals surface area (Å²) in [5.74, 6) is 0. The van der Waals surface area contributed by atoms with Gasteiger partial charge in [-0.25, -0.2) is 0 Å². The number of hydrogen-bond donors (Lipinski definition) is 1. The zero-order valence-electron chi connectivity index (χ0n) is 16.8. The van der Waals surface area contributed by atoms with Crippen molar-refractivity contribution in [1.29, 1.82) is 0 Å². The van der Waals surface area contributed by atoms with E-state index in [-0.39, 0.29) is 0 Å². The molecular formula is C25H23Cl3N2. The summed E-state index contributed by atoms with van der Waals surface area (Å²) in [6, 6.07) is 22.3. The molecule has 1 aromatic heterocycles. The lowest BCUT2D eigenvalue weighted by Gasteiger charge is -2.11. The molecule has 0 bridgehead atoms. The Morgan fingerprint density at radius 2 is 1.60 bits per heavy atom. The molecule has 154 valence electrons. The van der Waals surface area contributed by atoms with Crippen LogP contribution in [0.1, 0.15) is 22.4 Å². The van der Waals surface area contributed by atoms with Gasteiger partial charge in [-0.1, -0.05) is 77.3 Å². The summed E-state index contributed by atoms with van der Waals surface area (Å²) in [5.41, 5.74) is 6.03. The summed E-state index contributed by atoms with van der Waals surface area (Å²) in [4.78, 5) is 0. The third-order valence-electron chi connectivity index (χ3n) is 5.54. The third-order valence-corrected chi connectivity index (χ3v) is 6.49. The van der Waals surface area contributed by atoms with Gasteiger partial charge in [-0.2, -0.15) is 0 Å². The van der Waals surface area contributed by atoms with Crippen molar-refractivity contribution >= 4 is 45.7 Å². The quantitative estimate of drug-likeness (QED) is 0.288. The summed E-state index contributed by atoms with van der Waals surface area (Å²) < 4.78 is 2.35. The molecular weight excluding hydrogens is 435 g/mol. The average molecular weight is 458 g/mol. The molecule has 0 unspecified atom stereocenters. The molecule has 0 aliphatic heterocycles. The number of rotatable bonds is 7. The van der Waals surface area contributed by atoms with Crippen molar-refractivity contribution in [2.75, 3.05) is 6.54 Å². The third kappa shape index (κ3) is 4.53. The highest BCUT2D eigenvalue weighted by molar-refractivity contribution is 6.35. The van der Waals surface area contributed by atoms with Gasteiger partial charge >= 0.3 is 0 Å². The molecule has 0 aliphatic rings. The smallest absolute Gasteiger partial charge is 0.0493 e. The molecule has 1 N–H and O–H groups in total. The van der Waals surface area contributed by atoms with E-state index in [4.69, 9.17) is 34.8 Å². The zero-order valence-corrected chi connectivity index (χ0v) is 19.0. The molecule has 0 amide bonds. The average Bonchev–Trinajstić information content (AvgIpc) is 3.00. The first-order valence-electron chi connectivity index (χ1n) is 9.99. The van der Waals surface area contributed by atoms with Crippen LogP contribution in [-0.4, -0.2) is 11.1 Å². The predicted octanol–water partition coefficient (Wildman–Crippen LogP) is 7.29. The van der Waals surface area contributed by atoms with Crippen molar-refractivity contribution in [1.82, 2.24) is 9.88 Å². The molecule has 0 radical (unpaired) electrons. The summed E-state index contributed by atoms with van der Waals surface area (Å²) in [5, 5.41) is 7.04. The lowest BCUT2D eigenvalue weighted by molar-refractivity contribution is 0.681. The Bertz CT molecular complexity index is 1180. The van der Waals surface area contributed by atoms with E-state index in [2.05, 4.69) is 47.1 Å². The fourth-order valence-corrected chi connectivity index (χ4v) is 4.59. The van der Waals surface area contributed by atoms with Crippen LogP contribution in [0.2, 0.25) is 15.1 Å².